The van der Waals surface area contributed by atoms with Crippen LogP contribution in [0.5, 0.6) is 5.75 Å². The van der Waals surface area contributed by atoms with Gasteiger partial charge in [-0.25, -0.2) is 0 Å². The molecule has 0 aromatic carbocycles. The van der Waals surface area contributed by atoms with Crippen molar-refractivity contribution in [3.05, 3.63) is 23.5 Å². The first-order valence-electron chi connectivity index (χ1n) is 5.68. The molecule has 0 radical (unpaired) electrons. The van der Waals surface area contributed by atoms with E-state index < -0.39 is 0 Å². The fourth-order valence-electron chi connectivity index (χ4n) is 1.39. The van der Waals surface area contributed by atoms with Crippen LogP contribution in [0.25, 0.3) is 0 Å². The van der Waals surface area contributed by atoms with Crippen LogP contribution in [-0.4, -0.2) is 11.6 Å². The molecule has 1 aromatic rings. The normalized spacial score (nSPS) is 10.9. The minimum absolute atomic E-state index is 0.238. The Hall–Kier alpha value is -1.27. The molecule has 0 fully saturated rings. The molecule has 0 aliphatic heterocycles. The monoisotopic (exact) mass is 252 g/mol. The number of unbranched alkanes of at least 4 members (excludes halogenated alkanes) is 1. The third-order valence-electron chi connectivity index (χ3n) is 2.45. The van der Waals surface area contributed by atoms with Crippen molar-refractivity contribution in [2.75, 3.05) is 6.61 Å². The van der Waals surface area contributed by atoms with Crippen LogP contribution >= 0.6 is 11.6 Å². The van der Waals surface area contributed by atoms with Gasteiger partial charge in [0.25, 0.3) is 0 Å². The van der Waals surface area contributed by atoms with Crippen LogP contribution in [0.15, 0.2) is 18.5 Å². The van der Waals surface area contributed by atoms with Crippen molar-refractivity contribution in [2.45, 2.75) is 33.1 Å². The van der Waals surface area contributed by atoms with E-state index in [4.69, 9.17) is 21.6 Å². The molecule has 4 heteroatoms. The summed E-state index contributed by atoms with van der Waals surface area (Å²) in [7, 11) is 0. The van der Waals surface area contributed by atoms with Gasteiger partial charge < -0.3 is 4.74 Å². The Morgan fingerprint density at radius 3 is 2.82 bits per heavy atom. The predicted molar refractivity (Wildman–Crippen MR) is 68.0 cm³/mol. The highest BCUT2D eigenvalue weighted by molar-refractivity contribution is 6.30. The topological polar surface area (TPSA) is 45.9 Å². The third-order valence-corrected chi connectivity index (χ3v) is 2.65. The van der Waals surface area contributed by atoms with Gasteiger partial charge in [0.1, 0.15) is 5.75 Å². The molecular formula is C13H17ClN2O. The van der Waals surface area contributed by atoms with Crippen molar-refractivity contribution >= 4 is 11.6 Å². The van der Waals surface area contributed by atoms with Crippen LogP contribution in [0.4, 0.5) is 0 Å². The van der Waals surface area contributed by atoms with E-state index in [9.17, 15) is 0 Å². The molecule has 0 bridgehead atoms. The highest BCUT2D eigenvalue weighted by atomic mass is 35.5. The van der Waals surface area contributed by atoms with E-state index in [1.54, 1.807) is 18.5 Å². The fourth-order valence-corrected chi connectivity index (χ4v) is 1.55. The minimum atomic E-state index is -0.238. The van der Waals surface area contributed by atoms with Gasteiger partial charge in [0.05, 0.1) is 29.3 Å². The average molecular weight is 253 g/mol. The molecule has 0 aliphatic carbocycles. The number of hydrogen-bond acceptors (Lipinski definition) is 3. The van der Waals surface area contributed by atoms with Gasteiger partial charge in [-0.3, -0.25) is 4.98 Å². The van der Waals surface area contributed by atoms with Gasteiger partial charge in [-0.15, -0.1) is 0 Å². The summed E-state index contributed by atoms with van der Waals surface area (Å²) < 4.78 is 5.51. The Labute approximate surface area is 107 Å². The van der Waals surface area contributed by atoms with Crippen LogP contribution in [-0.2, 0) is 0 Å². The summed E-state index contributed by atoms with van der Waals surface area (Å²) in [6, 6.07) is 4.03. The third kappa shape index (κ3) is 5.55. The first-order chi connectivity index (χ1) is 8.03. The number of ether oxygens (including phenoxy) is 1. The van der Waals surface area contributed by atoms with Crippen LogP contribution < -0.4 is 4.74 Å². The van der Waals surface area contributed by atoms with E-state index in [1.807, 2.05) is 13.8 Å². The quantitative estimate of drug-likeness (QED) is 0.723. The van der Waals surface area contributed by atoms with Crippen molar-refractivity contribution in [3.8, 4) is 11.8 Å². The lowest BCUT2D eigenvalue weighted by molar-refractivity contribution is 0.294. The molecule has 1 rings (SSSR count). The van der Waals surface area contributed by atoms with Crippen molar-refractivity contribution in [2.24, 2.45) is 5.41 Å². The summed E-state index contributed by atoms with van der Waals surface area (Å²) in [4.78, 5) is 3.94. The molecule has 0 saturated carbocycles. The Kier molecular flexibility index (Phi) is 5.24. The minimum Gasteiger partial charge on any atom is -0.492 e. The van der Waals surface area contributed by atoms with Gasteiger partial charge in [-0.2, -0.15) is 5.26 Å². The molecule has 17 heavy (non-hydrogen) atoms. The molecule has 0 aliphatic rings. The summed E-state index contributed by atoms with van der Waals surface area (Å²) >= 11 is 5.79. The number of aromatic nitrogens is 1. The molecular weight excluding hydrogens is 236 g/mol. The number of rotatable bonds is 6. The molecule has 3 nitrogen and oxygen atoms in total. The maximum absolute atomic E-state index is 8.85. The highest BCUT2D eigenvalue weighted by Gasteiger charge is 2.15. The summed E-state index contributed by atoms with van der Waals surface area (Å²) in [5, 5.41) is 9.43. The Morgan fingerprint density at radius 1 is 1.41 bits per heavy atom. The van der Waals surface area contributed by atoms with Gasteiger partial charge >= 0.3 is 0 Å². The molecule has 0 amide bonds. The van der Waals surface area contributed by atoms with Gasteiger partial charge in [0.15, 0.2) is 0 Å². The zero-order valence-corrected chi connectivity index (χ0v) is 11.0. The van der Waals surface area contributed by atoms with E-state index in [1.165, 1.54) is 0 Å². The Balaban J connectivity index is 2.19. The second-order valence-corrected chi connectivity index (χ2v) is 5.08. The molecule has 0 saturated heterocycles. The molecule has 0 N–H and O–H groups in total. The maximum Gasteiger partial charge on any atom is 0.139 e. The second kappa shape index (κ2) is 6.46. The number of nitrogens with zero attached hydrogens (tertiary/aromatic N) is 2. The lowest BCUT2D eigenvalue weighted by atomic mass is 9.89. The number of hydrogen-bond donors (Lipinski definition) is 0. The van der Waals surface area contributed by atoms with Crippen molar-refractivity contribution in [1.82, 2.24) is 4.98 Å². The van der Waals surface area contributed by atoms with Gasteiger partial charge in [-0.05, 0) is 33.1 Å². The fraction of sp³-hybridized carbons (Fsp3) is 0.538. The van der Waals surface area contributed by atoms with Crippen molar-refractivity contribution in [1.29, 1.82) is 5.26 Å². The lowest BCUT2D eigenvalue weighted by Gasteiger charge is -2.14. The number of halogens is 1. The van der Waals surface area contributed by atoms with Crippen molar-refractivity contribution < 1.29 is 4.74 Å². The van der Waals surface area contributed by atoms with Gasteiger partial charge in [0.2, 0.25) is 0 Å². The number of pyridine rings is 1. The molecule has 0 unspecified atom stereocenters. The van der Waals surface area contributed by atoms with Gasteiger partial charge in [-0.1, -0.05) is 11.6 Å². The van der Waals surface area contributed by atoms with Crippen LogP contribution in [0, 0.1) is 16.7 Å². The highest BCUT2D eigenvalue weighted by Crippen LogP contribution is 2.22. The number of nitriles is 1. The Bertz CT molecular complexity index is 399. The van der Waals surface area contributed by atoms with Gasteiger partial charge in [0, 0.05) is 12.3 Å². The van der Waals surface area contributed by atoms with Crippen LogP contribution in [0.1, 0.15) is 33.1 Å². The molecule has 92 valence electrons. The average Bonchev–Trinajstić information content (AvgIpc) is 2.29. The zero-order valence-electron chi connectivity index (χ0n) is 10.2. The van der Waals surface area contributed by atoms with E-state index in [0.29, 0.717) is 17.4 Å². The zero-order chi connectivity index (χ0) is 12.7. The van der Waals surface area contributed by atoms with E-state index in [-0.39, 0.29) is 5.41 Å². The Morgan fingerprint density at radius 2 is 2.18 bits per heavy atom. The standard InChI is InChI=1S/C13H17ClN2O/c1-13(2,10-15)5-3-4-6-17-12-7-11(14)8-16-9-12/h7-9H,3-6H2,1-2H3. The van der Waals surface area contributed by atoms with Crippen LogP contribution in [0.2, 0.25) is 5.02 Å². The molecule has 1 heterocycles. The molecule has 0 atom stereocenters. The summed E-state index contributed by atoms with van der Waals surface area (Å²) in [5.41, 5.74) is -0.238. The largest absolute Gasteiger partial charge is 0.492 e. The van der Waals surface area contributed by atoms with E-state index in [0.717, 1.165) is 19.3 Å². The first kappa shape index (κ1) is 13.8. The summed E-state index contributed by atoms with van der Waals surface area (Å²) in [6.07, 6.45) is 6.02. The van der Waals surface area contributed by atoms with E-state index >= 15 is 0 Å². The predicted octanol–water partition coefficient (Wildman–Crippen LogP) is 3.83. The first-order valence-corrected chi connectivity index (χ1v) is 6.06. The van der Waals surface area contributed by atoms with Crippen molar-refractivity contribution in [3.63, 3.8) is 0 Å². The van der Waals surface area contributed by atoms with Crippen LogP contribution in [0.3, 0.4) is 0 Å². The maximum atomic E-state index is 8.85. The summed E-state index contributed by atoms with van der Waals surface area (Å²) in [5.74, 6) is 0.692. The summed E-state index contributed by atoms with van der Waals surface area (Å²) in [6.45, 7) is 4.53. The molecule has 0 spiro atoms. The molecule has 1 aromatic heterocycles. The SMILES string of the molecule is CC(C)(C#N)CCCCOc1cncc(Cl)c1. The lowest BCUT2D eigenvalue weighted by Crippen LogP contribution is -2.08. The van der Waals surface area contributed by atoms with E-state index in [2.05, 4.69) is 11.1 Å². The second-order valence-electron chi connectivity index (χ2n) is 4.64. The smallest absolute Gasteiger partial charge is 0.139 e.